The molecule has 0 aliphatic rings. The molecule has 7 heteroatoms. The van der Waals surface area contributed by atoms with Crippen LogP contribution in [0.3, 0.4) is 0 Å². The van der Waals surface area contributed by atoms with Crippen LogP contribution in [0.15, 0.2) is 0 Å². The number of hydrogen-bond donors (Lipinski definition) is 3. The molecule has 0 aliphatic heterocycles. The fourth-order valence-electron chi connectivity index (χ4n) is 4.52. The number of nitrogens with zero attached hydrogens (tertiary/aromatic N) is 1. The molecule has 0 aromatic rings. The van der Waals surface area contributed by atoms with Crippen LogP contribution in [0.4, 0.5) is 0 Å². The molecular formula is C27H53N3O4. The number of nitrogens with two attached hydrogens (primary N) is 2. The molecular weight excluding hydrogens is 430 g/mol. The normalized spacial score (nSPS) is 14.4. The van der Waals surface area contributed by atoms with Crippen molar-refractivity contribution in [2.75, 3.05) is 19.6 Å². The minimum atomic E-state index is -1.94. The Morgan fingerprint density at radius 3 is 1.71 bits per heavy atom. The molecule has 7 nitrogen and oxygen atoms in total. The number of carboxylic acid groups (broad SMARTS) is 1. The first kappa shape index (κ1) is 32.7. The van der Waals surface area contributed by atoms with Gasteiger partial charge < -0.3 is 16.6 Å². The van der Waals surface area contributed by atoms with Crippen LogP contribution in [-0.4, -0.2) is 58.8 Å². The average molecular weight is 484 g/mol. The van der Waals surface area contributed by atoms with Crippen molar-refractivity contribution >= 4 is 17.5 Å². The monoisotopic (exact) mass is 483 g/mol. The maximum atomic E-state index is 13.3. The Morgan fingerprint density at radius 1 is 0.853 bits per heavy atom. The third kappa shape index (κ3) is 12.4. The predicted molar refractivity (Wildman–Crippen MR) is 140 cm³/mol. The Hall–Kier alpha value is -1.31. The summed E-state index contributed by atoms with van der Waals surface area (Å²) in [6, 6.07) is -0.713. The van der Waals surface area contributed by atoms with Crippen LogP contribution in [0.5, 0.6) is 0 Å². The molecule has 0 amide bonds. The van der Waals surface area contributed by atoms with Crippen molar-refractivity contribution in [2.24, 2.45) is 17.4 Å². The minimum Gasteiger partial charge on any atom is -0.480 e. The van der Waals surface area contributed by atoms with Crippen LogP contribution >= 0.6 is 0 Å². The Morgan fingerprint density at radius 2 is 1.32 bits per heavy atom. The average Bonchev–Trinajstić information content (AvgIpc) is 2.78. The van der Waals surface area contributed by atoms with Gasteiger partial charge in [0.2, 0.25) is 0 Å². The standard InChI is InChI=1S/C27H53N3O4/c1-5-7-8-9-10-11-12-13-14-15-16-17-20-30(21-23(31)18-19-28)24(22(3)4)25(32)27(29,6-2)26(33)34/h22,24H,5-21,28-29H2,1-4H3,(H,33,34). The lowest BCUT2D eigenvalue weighted by molar-refractivity contribution is -0.151. The van der Waals surface area contributed by atoms with Gasteiger partial charge in [-0.3, -0.25) is 14.5 Å². The highest BCUT2D eigenvalue weighted by Crippen LogP contribution is 2.22. The van der Waals surface area contributed by atoms with E-state index in [1.807, 2.05) is 18.7 Å². The molecule has 0 saturated carbocycles. The predicted octanol–water partition coefficient (Wildman–Crippen LogP) is 4.69. The van der Waals surface area contributed by atoms with E-state index in [2.05, 4.69) is 6.92 Å². The fraction of sp³-hybridized carbons (Fsp3) is 0.889. The number of carbonyl (C=O) groups excluding carboxylic acids is 2. The van der Waals surface area contributed by atoms with Crippen LogP contribution < -0.4 is 11.5 Å². The van der Waals surface area contributed by atoms with Gasteiger partial charge in [-0.05, 0) is 31.8 Å². The van der Waals surface area contributed by atoms with Gasteiger partial charge in [0.15, 0.2) is 11.3 Å². The van der Waals surface area contributed by atoms with E-state index in [0.717, 1.165) is 19.3 Å². The van der Waals surface area contributed by atoms with Gasteiger partial charge in [0.1, 0.15) is 5.78 Å². The molecule has 0 saturated heterocycles. The largest absolute Gasteiger partial charge is 0.480 e. The van der Waals surface area contributed by atoms with Gasteiger partial charge in [0, 0.05) is 6.42 Å². The Labute approximate surface area is 208 Å². The lowest BCUT2D eigenvalue weighted by Gasteiger charge is -2.37. The highest BCUT2D eigenvalue weighted by molar-refractivity contribution is 6.10. The number of aliphatic carboxylic acids is 1. The van der Waals surface area contributed by atoms with E-state index in [1.54, 1.807) is 6.92 Å². The summed E-state index contributed by atoms with van der Waals surface area (Å²) in [4.78, 5) is 39.3. The van der Waals surface area contributed by atoms with Crippen molar-refractivity contribution in [3.05, 3.63) is 0 Å². The second kappa shape index (κ2) is 18.9. The number of rotatable bonds is 23. The van der Waals surface area contributed by atoms with Gasteiger partial charge in [-0.25, -0.2) is 4.79 Å². The first-order valence-electron chi connectivity index (χ1n) is 13.7. The number of hydrogen-bond acceptors (Lipinski definition) is 6. The summed E-state index contributed by atoms with van der Waals surface area (Å²) in [5, 5.41) is 9.62. The van der Waals surface area contributed by atoms with Gasteiger partial charge >= 0.3 is 5.97 Å². The summed E-state index contributed by atoms with van der Waals surface area (Å²) < 4.78 is 0. The van der Waals surface area contributed by atoms with E-state index < -0.39 is 23.3 Å². The van der Waals surface area contributed by atoms with Crippen LogP contribution in [-0.2, 0) is 14.4 Å². The van der Waals surface area contributed by atoms with Crippen molar-refractivity contribution in [2.45, 2.75) is 129 Å². The molecule has 0 radical (unpaired) electrons. The molecule has 0 aliphatic carbocycles. The Bertz CT molecular complexity index is 582. The highest BCUT2D eigenvalue weighted by atomic mass is 16.4. The van der Waals surface area contributed by atoms with Crippen molar-refractivity contribution in [3.8, 4) is 0 Å². The van der Waals surface area contributed by atoms with Gasteiger partial charge in [0.05, 0.1) is 12.6 Å². The van der Waals surface area contributed by atoms with Gasteiger partial charge in [-0.15, -0.1) is 0 Å². The summed E-state index contributed by atoms with van der Waals surface area (Å²) >= 11 is 0. The fourth-order valence-corrected chi connectivity index (χ4v) is 4.52. The molecule has 0 heterocycles. The molecule has 200 valence electrons. The maximum Gasteiger partial charge on any atom is 0.331 e. The summed E-state index contributed by atoms with van der Waals surface area (Å²) in [5.74, 6) is -2.03. The molecule has 0 aromatic carbocycles. The van der Waals surface area contributed by atoms with Crippen molar-refractivity contribution in [3.63, 3.8) is 0 Å². The summed E-state index contributed by atoms with van der Waals surface area (Å²) in [7, 11) is 0. The number of unbranched alkanes of at least 4 members (excludes halogenated alkanes) is 11. The van der Waals surface area contributed by atoms with Crippen molar-refractivity contribution in [1.29, 1.82) is 0 Å². The minimum absolute atomic E-state index is 0.00752. The number of carbonyl (C=O) groups is 3. The molecule has 2 atom stereocenters. The molecule has 0 fully saturated rings. The van der Waals surface area contributed by atoms with Crippen molar-refractivity contribution in [1.82, 2.24) is 4.90 Å². The van der Waals surface area contributed by atoms with Crippen LogP contribution in [0.25, 0.3) is 0 Å². The molecule has 0 rings (SSSR count). The quantitative estimate of drug-likeness (QED) is 0.142. The van der Waals surface area contributed by atoms with Gasteiger partial charge in [0.25, 0.3) is 0 Å². The van der Waals surface area contributed by atoms with Gasteiger partial charge in [-0.1, -0.05) is 98.3 Å². The van der Waals surface area contributed by atoms with E-state index in [1.165, 1.54) is 57.8 Å². The molecule has 5 N–H and O–H groups in total. The molecule has 0 aromatic heterocycles. The van der Waals surface area contributed by atoms with Crippen LogP contribution in [0.2, 0.25) is 0 Å². The lowest BCUT2D eigenvalue weighted by Crippen LogP contribution is -2.63. The zero-order chi connectivity index (χ0) is 26.0. The van der Waals surface area contributed by atoms with Crippen LogP contribution in [0, 0.1) is 5.92 Å². The third-order valence-electron chi connectivity index (χ3n) is 6.77. The number of Topliss-reactive ketones (excluding diaryl/α,β-unsaturated/α-hetero) is 2. The second-order valence-corrected chi connectivity index (χ2v) is 10.1. The Kier molecular flexibility index (Phi) is 18.2. The van der Waals surface area contributed by atoms with E-state index in [4.69, 9.17) is 11.5 Å². The molecule has 0 bridgehead atoms. The second-order valence-electron chi connectivity index (χ2n) is 10.1. The third-order valence-corrected chi connectivity index (χ3v) is 6.77. The van der Waals surface area contributed by atoms with Gasteiger partial charge in [-0.2, -0.15) is 0 Å². The Balaban J connectivity index is 4.81. The van der Waals surface area contributed by atoms with Crippen LogP contribution in [0.1, 0.15) is 118 Å². The first-order valence-corrected chi connectivity index (χ1v) is 13.7. The van der Waals surface area contributed by atoms with E-state index in [9.17, 15) is 19.5 Å². The smallest absolute Gasteiger partial charge is 0.331 e. The van der Waals surface area contributed by atoms with E-state index >= 15 is 0 Å². The van der Waals surface area contributed by atoms with E-state index in [0.29, 0.717) is 6.54 Å². The zero-order valence-electron chi connectivity index (χ0n) is 22.4. The zero-order valence-corrected chi connectivity index (χ0v) is 22.4. The summed E-state index contributed by atoms with van der Waals surface area (Å²) in [5.41, 5.74) is 9.64. The van der Waals surface area contributed by atoms with E-state index in [-0.39, 0.29) is 37.6 Å². The SMILES string of the molecule is CCCCCCCCCCCCCCN(CC(=O)CCN)C(C(=O)C(N)(CC)C(=O)O)C(C)C. The molecule has 34 heavy (non-hydrogen) atoms. The highest BCUT2D eigenvalue weighted by Gasteiger charge is 2.46. The summed E-state index contributed by atoms with van der Waals surface area (Å²) in [6.45, 7) is 8.54. The topological polar surface area (TPSA) is 127 Å². The number of ketones is 2. The van der Waals surface area contributed by atoms with Crippen molar-refractivity contribution < 1.29 is 19.5 Å². The molecule has 2 unspecified atom stereocenters. The number of carboxylic acids is 1. The lowest BCUT2D eigenvalue weighted by atomic mass is 9.82. The first-order chi connectivity index (χ1) is 16.1. The summed E-state index contributed by atoms with van der Waals surface area (Å²) in [6.07, 6.45) is 15.0. The maximum absolute atomic E-state index is 13.3. The molecule has 0 spiro atoms.